The van der Waals surface area contributed by atoms with Crippen LogP contribution in [0.1, 0.15) is 12.8 Å². The predicted molar refractivity (Wildman–Crippen MR) is 85.2 cm³/mol. The molecular formula is C15H21N3O4S. The van der Waals surface area contributed by atoms with E-state index < -0.39 is 10.0 Å². The van der Waals surface area contributed by atoms with Gasteiger partial charge in [0.05, 0.1) is 24.2 Å². The average Bonchev–Trinajstić information content (AvgIpc) is 2.54. The van der Waals surface area contributed by atoms with Crippen LogP contribution in [-0.4, -0.2) is 55.7 Å². The molecule has 126 valence electrons. The number of nitrogens with one attached hydrogen (secondary N) is 1. The van der Waals surface area contributed by atoms with Gasteiger partial charge in [0.2, 0.25) is 15.9 Å². The number of rotatable bonds is 3. The van der Waals surface area contributed by atoms with Crippen LogP contribution in [0, 0.1) is 11.8 Å². The Labute approximate surface area is 136 Å². The number of sulfonamides is 1. The lowest BCUT2D eigenvalue weighted by Gasteiger charge is -2.43. The third kappa shape index (κ3) is 3.70. The summed E-state index contributed by atoms with van der Waals surface area (Å²) in [5.41, 5.74) is 0.649. The maximum atomic E-state index is 12.6. The largest absolute Gasteiger partial charge is 0.378 e. The Balaban J connectivity index is 1.74. The van der Waals surface area contributed by atoms with Crippen LogP contribution in [0.3, 0.4) is 0 Å². The summed E-state index contributed by atoms with van der Waals surface area (Å²) in [6.45, 7) is 1.33. The van der Waals surface area contributed by atoms with Crippen LogP contribution in [0.4, 0.5) is 5.69 Å². The quantitative estimate of drug-likeness (QED) is 0.876. The van der Waals surface area contributed by atoms with E-state index in [0.717, 1.165) is 0 Å². The van der Waals surface area contributed by atoms with E-state index in [1.54, 1.807) is 24.5 Å². The number of fused-ring (bicyclic) bond motifs is 1. The molecule has 0 aromatic carbocycles. The van der Waals surface area contributed by atoms with Crippen LogP contribution < -0.4 is 5.32 Å². The summed E-state index contributed by atoms with van der Waals surface area (Å²) in [6, 6.07) is 3.54. The summed E-state index contributed by atoms with van der Waals surface area (Å²) in [4.78, 5) is 16.6. The molecule has 3 heterocycles. The summed E-state index contributed by atoms with van der Waals surface area (Å²) in [5.74, 6) is -0.450. The zero-order valence-electron chi connectivity index (χ0n) is 13.0. The van der Waals surface area contributed by atoms with Gasteiger partial charge in [0.25, 0.3) is 0 Å². The van der Waals surface area contributed by atoms with Crippen LogP contribution in [-0.2, 0) is 19.6 Å². The van der Waals surface area contributed by atoms with E-state index >= 15 is 0 Å². The minimum absolute atomic E-state index is 0.0496. The van der Waals surface area contributed by atoms with E-state index in [-0.39, 0.29) is 23.8 Å². The van der Waals surface area contributed by atoms with Gasteiger partial charge in [-0.2, -0.15) is 0 Å². The zero-order valence-corrected chi connectivity index (χ0v) is 13.8. The highest BCUT2D eigenvalue weighted by Crippen LogP contribution is 2.34. The van der Waals surface area contributed by atoms with Crippen LogP contribution in [0.25, 0.3) is 0 Å². The fraction of sp³-hybridized carbons (Fsp3) is 0.600. The number of aromatic nitrogens is 1. The Hall–Kier alpha value is -1.51. The lowest BCUT2D eigenvalue weighted by Crippen LogP contribution is -2.53. The Kier molecular flexibility index (Phi) is 4.65. The SMILES string of the molecule is CS(=O)(=O)N1CC[C@H]2OCC[C@@H](C(=O)Nc3cccnc3)[C@@H]2C1. The van der Waals surface area contributed by atoms with Crippen molar-refractivity contribution in [2.45, 2.75) is 18.9 Å². The second-order valence-electron chi connectivity index (χ2n) is 6.11. The predicted octanol–water partition coefficient (Wildman–Crippen LogP) is 0.707. The molecule has 3 atom stereocenters. The van der Waals surface area contributed by atoms with Gasteiger partial charge in [-0.15, -0.1) is 0 Å². The third-order valence-electron chi connectivity index (χ3n) is 4.57. The molecule has 1 aromatic heterocycles. The van der Waals surface area contributed by atoms with Crippen molar-refractivity contribution < 1.29 is 17.9 Å². The number of hydrogen-bond acceptors (Lipinski definition) is 5. The van der Waals surface area contributed by atoms with Crippen LogP contribution in [0.2, 0.25) is 0 Å². The average molecular weight is 339 g/mol. The van der Waals surface area contributed by atoms with E-state index in [1.165, 1.54) is 10.6 Å². The molecule has 8 heteroatoms. The summed E-state index contributed by atoms with van der Waals surface area (Å²) in [7, 11) is -3.25. The number of ether oxygens (including phenoxy) is 1. The molecule has 0 spiro atoms. The minimum atomic E-state index is -3.25. The standard InChI is InChI=1S/C15H21N3O4S/c1-23(20,21)18-7-4-14-13(10-18)12(5-8-22-14)15(19)17-11-3-2-6-16-9-11/h2-3,6,9,12-14H,4-5,7-8,10H2,1H3,(H,17,19)/t12-,13+,14-/m1/s1. The topological polar surface area (TPSA) is 88.6 Å². The van der Waals surface area contributed by atoms with Crippen molar-refractivity contribution in [3.05, 3.63) is 24.5 Å². The van der Waals surface area contributed by atoms with E-state index in [2.05, 4.69) is 10.3 Å². The van der Waals surface area contributed by atoms with Gasteiger partial charge in [0.15, 0.2) is 0 Å². The van der Waals surface area contributed by atoms with Crippen molar-refractivity contribution in [1.29, 1.82) is 0 Å². The molecule has 1 N–H and O–H groups in total. The molecular weight excluding hydrogens is 318 g/mol. The first kappa shape index (κ1) is 16.4. The normalized spacial score (nSPS) is 28.8. The zero-order chi connectivity index (χ0) is 16.4. The van der Waals surface area contributed by atoms with Gasteiger partial charge >= 0.3 is 0 Å². The molecule has 7 nitrogen and oxygen atoms in total. The van der Waals surface area contributed by atoms with Crippen molar-refractivity contribution in [2.24, 2.45) is 11.8 Å². The molecule has 23 heavy (non-hydrogen) atoms. The van der Waals surface area contributed by atoms with Gasteiger partial charge in [-0.1, -0.05) is 0 Å². The molecule has 0 bridgehead atoms. The van der Waals surface area contributed by atoms with Crippen molar-refractivity contribution in [2.75, 3.05) is 31.3 Å². The molecule has 0 aliphatic carbocycles. The number of piperidine rings is 1. The number of amides is 1. The minimum Gasteiger partial charge on any atom is -0.378 e. The van der Waals surface area contributed by atoms with Crippen LogP contribution in [0.15, 0.2) is 24.5 Å². The smallest absolute Gasteiger partial charge is 0.228 e. The number of carbonyl (C=O) groups excluding carboxylic acids is 1. The van der Waals surface area contributed by atoms with E-state index in [4.69, 9.17) is 4.74 Å². The summed E-state index contributed by atoms with van der Waals surface area (Å²) in [6.07, 6.45) is 5.64. The number of pyridine rings is 1. The van der Waals surface area contributed by atoms with Gasteiger partial charge in [0.1, 0.15) is 0 Å². The molecule has 2 aliphatic heterocycles. The van der Waals surface area contributed by atoms with Crippen molar-refractivity contribution in [3.63, 3.8) is 0 Å². The highest BCUT2D eigenvalue weighted by Gasteiger charge is 2.43. The van der Waals surface area contributed by atoms with E-state index in [1.807, 2.05) is 0 Å². The van der Waals surface area contributed by atoms with Gasteiger partial charge in [-0.25, -0.2) is 12.7 Å². The fourth-order valence-electron chi connectivity index (χ4n) is 3.38. The monoisotopic (exact) mass is 339 g/mol. The molecule has 1 amide bonds. The second kappa shape index (κ2) is 6.54. The summed E-state index contributed by atoms with van der Waals surface area (Å²) >= 11 is 0. The van der Waals surface area contributed by atoms with Crippen LogP contribution >= 0.6 is 0 Å². The Morgan fingerprint density at radius 1 is 1.43 bits per heavy atom. The third-order valence-corrected chi connectivity index (χ3v) is 5.84. The first-order valence-corrected chi connectivity index (χ1v) is 9.57. The lowest BCUT2D eigenvalue weighted by molar-refractivity contribution is -0.134. The molecule has 0 radical (unpaired) electrons. The first-order valence-electron chi connectivity index (χ1n) is 7.73. The maximum Gasteiger partial charge on any atom is 0.228 e. The van der Waals surface area contributed by atoms with Crippen molar-refractivity contribution in [3.8, 4) is 0 Å². The van der Waals surface area contributed by atoms with Gasteiger partial charge in [-0.3, -0.25) is 9.78 Å². The second-order valence-corrected chi connectivity index (χ2v) is 8.09. The first-order chi connectivity index (χ1) is 10.9. The summed E-state index contributed by atoms with van der Waals surface area (Å²) < 4.78 is 30.8. The summed E-state index contributed by atoms with van der Waals surface area (Å²) in [5, 5.41) is 2.87. The Morgan fingerprint density at radius 3 is 2.96 bits per heavy atom. The van der Waals surface area contributed by atoms with Gasteiger partial charge in [-0.05, 0) is 25.0 Å². The molecule has 1 aromatic rings. The van der Waals surface area contributed by atoms with Gasteiger partial charge in [0, 0.05) is 37.7 Å². The van der Waals surface area contributed by atoms with Crippen molar-refractivity contribution >= 4 is 21.6 Å². The number of carbonyl (C=O) groups is 1. The number of nitrogens with zero attached hydrogens (tertiary/aromatic N) is 2. The number of hydrogen-bond donors (Lipinski definition) is 1. The van der Waals surface area contributed by atoms with Crippen LogP contribution in [0.5, 0.6) is 0 Å². The lowest BCUT2D eigenvalue weighted by atomic mass is 9.79. The van der Waals surface area contributed by atoms with E-state index in [0.29, 0.717) is 38.2 Å². The molecule has 0 saturated carbocycles. The molecule has 3 rings (SSSR count). The highest BCUT2D eigenvalue weighted by atomic mass is 32.2. The maximum absolute atomic E-state index is 12.6. The fourth-order valence-corrected chi connectivity index (χ4v) is 4.26. The number of anilines is 1. The molecule has 2 saturated heterocycles. The molecule has 0 unspecified atom stereocenters. The molecule has 2 fully saturated rings. The molecule has 2 aliphatic rings. The van der Waals surface area contributed by atoms with E-state index in [9.17, 15) is 13.2 Å². The van der Waals surface area contributed by atoms with Gasteiger partial charge < -0.3 is 10.1 Å². The Bertz CT molecular complexity index is 665. The highest BCUT2D eigenvalue weighted by molar-refractivity contribution is 7.88. The van der Waals surface area contributed by atoms with Crippen molar-refractivity contribution in [1.82, 2.24) is 9.29 Å². The Morgan fingerprint density at radius 2 is 2.26 bits per heavy atom.